The van der Waals surface area contributed by atoms with E-state index < -0.39 is 4.92 Å². The zero-order chi connectivity index (χ0) is 19.9. The van der Waals surface area contributed by atoms with Gasteiger partial charge in [-0.15, -0.1) is 0 Å². The molecule has 2 amide bonds. The predicted molar refractivity (Wildman–Crippen MR) is 103 cm³/mol. The maximum absolute atomic E-state index is 12.4. The number of carbonyl (C=O) groups is 2. The van der Waals surface area contributed by atoms with Crippen molar-refractivity contribution in [2.45, 2.75) is 6.42 Å². The van der Waals surface area contributed by atoms with Gasteiger partial charge in [-0.25, -0.2) is 0 Å². The quantitative estimate of drug-likeness (QED) is 0.448. The summed E-state index contributed by atoms with van der Waals surface area (Å²) in [4.78, 5) is 42.5. The van der Waals surface area contributed by atoms with Crippen molar-refractivity contribution < 1.29 is 14.5 Å². The molecular weight excluding hydrogens is 360 g/mol. The lowest BCUT2D eigenvalue weighted by Gasteiger charge is -2.34. The van der Waals surface area contributed by atoms with Gasteiger partial charge in [0, 0.05) is 56.3 Å². The highest BCUT2D eigenvalue weighted by molar-refractivity contribution is 5.92. The second-order valence-electron chi connectivity index (χ2n) is 6.39. The number of carbonyl (C=O) groups excluding carboxylic acids is 2. The lowest BCUT2D eigenvalue weighted by molar-refractivity contribution is -0.384. The molecule has 0 N–H and O–H groups in total. The molecule has 0 unspecified atom stereocenters. The van der Waals surface area contributed by atoms with E-state index in [2.05, 4.69) is 4.98 Å². The van der Waals surface area contributed by atoms with Gasteiger partial charge in [-0.1, -0.05) is 6.07 Å². The summed E-state index contributed by atoms with van der Waals surface area (Å²) in [7, 11) is 0. The minimum Gasteiger partial charge on any atom is -0.339 e. The SMILES string of the molecule is O=C(C=Cc1ccc([N+](=O)[O-])cc1)N1CCN(C(=O)Cc2ccccn2)CC1. The van der Waals surface area contributed by atoms with Crippen molar-refractivity contribution in [2.24, 2.45) is 0 Å². The highest BCUT2D eigenvalue weighted by Gasteiger charge is 2.23. The van der Waals surface area contributed by atoms with E-state index >= 15 is 0 Å². The third-order valence-corrected chi connectivity index (χ3v) is 4.52. The Kier molecular flexibility index (Phi) is 6.11. The topological polar surface area (TPSA) is 96.6 Å². The van der Waals surface area contributed by atoms with Crippen LogP contribution in [-0.2, 0) is 16.0 Å². The number of piperazine rings is 1. The van der Waals surface area contributed by atoms with Crippen LogP contribution in [-0.4, -0.2) is 57.7 Å². The number of nitro benzene ring substituents is 1. The van der Waals surface area contributed by atoms with E-state index in [4.69, 9.17) is 0 Å². The van der Waals surface area contributed by atoms with E-state index in [1.807, 2.05) is 18.2 Å². The van der Waals surface area contributed by atoms with Crippen molar-refractivity contribution in [1.82, 2.24) is 14.8 Å². The molecule has 0 bridgehead atoms. The van der Waals surface area contributed by atoms with Gasteiger partial charge in [0.1, 0.15) is 0 Å². The Labute approximate surface area is 162 Å². The van der Waals surface area contributed by atoms with Crippen molar-refractivity contribution in [3.63, 3.8) is 0 Å². The van der Waals surface area contributed by atoms with Crippen molar-refractivity contribution in [3.05, 3.63) is 76.1 Å². The molecule has 1 saturated heterocycles. The molecule has 144 valence electrons. The maximum atomic E-state index is 12.4. The van der Waals surface area contributed by atoms with Crippen molar-refractivity contribution >= 4 is 23.6 Å². The van der Waals surface area contributed by atoms with E-state index in [0.717, 1.165) is 5.69 Å². The molecule has 0 spiro atoms. The van der Waals surface area contributed by atoms with Gasteiger partial charge in [0.15, 0.2) is 0 Å². The summed E-state index contributed by atoms with van der Waals surface area (Å²) in [5, 5.41) is 10.7. The molecular formula is C20H20N4O4. The molecule has 3 rings (SSSR count). The first-order valence-electron chi connectivity index (χ1n) is 8.92. The zero-order valence-electron chi connectivity index (χ0n) is 15.2. The lowest BCUT2D eigenvalue weighted by Crippen LogP contribution is -2.50. The fourth-order valence-electron chi connectivity index (χ4n) is 2.93. The normalized spacial score (nSPS) is 14.3. The number of benzene rings is 1. The maximum Gasteiger partial charge on any atom is 0.269 e. The molecule has 1 aliphatic rings. The third-order valence-electron chi connectivity index (χ3n) is 4.52. The second kappa shape index (κ2) is 8.90. The Hall–Kier alpha value is -3.55. The summed E-state index contributed by atoms with van der Waals surface area (Å²) < 4.78 is 0. The van der Waals surface area contributed by atoms with Gasteiger partial charge < -0.3 is 9.80 Å². The number of nitro groups is 1. The monoisotopic (exact) mass is 380 g/mol. The van der Waals surface area contributed by atoms with Gasteiger partial charge in [-0.3, -0.25) is 24.7 Å². The van der Waals surface area contributed by atoms with E-state index in [-0.39, 0.29) is 23.9 Å². The number of non-ortho nitro benzene ring substituents is 1. The molecule has 0 saturated carbocycles. The summed E-state index contributed by atoms with van der Waals surface area (Å²) in [6.45, 7) is 1.92. The van der Waals surface area contributed by atoms with Crippen molar-refractivity contribution in [1.29, 1.82) is 0 Å². The van der Waals surface area contributed by atoms with Gasteiger partial charge in [0.05, 0.1) is 11.3 Å². The number of nitrogens with zero attached hydrogens (tertiary/aromatic N) is 4. The van der Waals surface area contributed by atoms with Gasteiger partial charge in [0.2, 0.25) is 11.8 Å². The summed E-state index contributed by atoms with van der Waals surface area (Å²) >= 11 is 0. The summed E-state index contributed by atoms with van der Waals surface area (Å²) in [5.74, 6) is -0.137. The third kappa shape index (κ3) is 5.00. The van der Waals surface area contributed by atoms with Crippen molar-refractivity contribution in [2.75, 3.05) is 26.2 Å². The van der Waals surface area contributed by atoms with E-state index in [0.29, 0.717) is 31.7 Å². The Morgan fingerprint density at radius 1 is 1.04 bits per heavy atom. The Bertz CT molecular complexity index is 873. The van der Waals surface area contributed by atoms with E-state index in [9.17, 15) is 19.7 Å². The first kappa shape index (κ1) is 19.2. The smallest absolute Gasteiger partial charge is 0.269 e. The Morgan fingerprint density at radius 2 is 1.71 bits per heavy atom. The van der Waals surface area contributed by atoms with Crippen LogP contribution in [0.25, 0.3) is 6.08 Å². The van der Waals surface area contributed by atoms with Crippen LogP contribution in [0.1, 0.15) is 11.3 Å². The number of hydrogen-bond acceptors (Lipinski definition) is 5. The number of amides is 2. The largest absolute Gasteiger partial charge is 0.339 e. The zero-order valence-corrected chi connectivity index (χ0v) is 15.2. The lowest BCUT2D eigenvalue weighted by atomic mass is 10.2. The molecule has 8 heteroatoms. The van der Waals surface area contributed by atoms with Crippen LogP contribution >= 0.6 is 0 Å². The van der Waals surface area contributed by atoms with Crippen LogP contribution < -0.4 is 0 Å². The van der Waals surface area contributed by atoms with Crippen LogP contribution in [0.3, 0.4) is 0 Å². The first-order valence-corrected chi connectivity index (χ1v) is 8.92. The fourth-order valence-corrected chi connectivity index (χ4v) is 2.93. The molecule has 2 aromatic rings. The summed E-state index contributed by atoms with van der Waals surface area (Å²) in [6, 6.07) is 11.5. The molecule has 1 fully saturated rings. The van der Waals surface area contributed by atoms with Crippen LogP contribution in [0.2, 0.25) is 0 Å². The van der Waals surface area contributed by atoms with Crippen LogP contribution in [0.15, 0.2) is 54.7 Å². The van der Waals surface area contributed by atoms with Gasteiger partial charge >= 0.3 is 0 Å². The molecule has 0 atom stereocenters. The summed E-state index contributed by atoms with van der Waals surface area (Å²) in [5.41, 5.74) is 1.45. The van der Waals surface area contributed by atoms with Crippen LogP contribution in [0.4, 0.5) is 5.69 Å². The van der Waals surface area contributed by atoms with Crippen LogP contribution in [0.5, 0.6) is 0 Å². The number of aromatic nitrogens is 1. The second-order valence-corrected chi connectivity index (χ2v) is 6.39. The molecule has 1 aromatic heterocycles. The van der Waals surface area contributed by atoms with Gasteiger partial charge in [-0.05, 0) is 35.9 Å². The summed E-state index contributed by atoms with van der Waals surface area (Å²) in [6.07, 6.45) is 5.00. The van der Waals surface area contributed by atoms with E-state index in [1.165, 1.54) is 18.2 Å². The molecule has 0 radical (unpaired) electrons. The van der Waals surface area contributed by atoms with Crippen LogP contribution in [0, 0.1) is 10.1 Å². The Morgan fingerprint density at radius 3 is 2.32 bits per heavy atom. The minimum absolute atomic E-state index is 0.00669. The van der Waals surface area contributed by atoms with Gasteiger partial charge in [-0.2, -0.15) is 0 Å². The fraction of sp³-hybridized carbons (Fsp3) is 0.250. The van der Waals surface area contributed by atoms with Gasteiger partial charge in [0.25, 0.3) is 5.69 Å². The van der Waals surface area contributed by atoms with Crippen molar-refractivity contribution in [3.8, 4) is 0 Å². The minimum atomic E-state index is -0.465. The number of pyridine rings is 1. The molecule has 8 nitrogen and oxygen atoms in total. The molecule has 1 aliphatic heterocycles. The number of rotatable bonds is 5. The highest BCUT2D eigenvalue weighted by Crippen LogP contribution is 2.13. The van der Waals surface area contributed by atoms with E-state index in [1.54, 1.807) is 34.2 Å². The standard InChI is InChI=1S/C20H20N4O4/c25-19(9-6-16-4-7-18(8-5-16)24(27)28)22-11-13-23(14-12-22)20(26)15-17-3-1-2-10-21-17/h1-10H,11-15H2. The Balaban J connectivity index is 1.49. The number of hydrogen-bond donors (Lipinski definition) is 0. The highest BCUT2D eigenvalue weighted by atomic mass is 16.6. The average molecular weight is 380 g/mol. The molecule has 1 aromatic carbocycles. The predicted octanol–water partition coefficient (Wildman–Crippen LogP) is 1.92. The molecule has 2 heterocycles. The first-order chi connectivity index (χ1) is 13.5. The molecule has 28 heavy (non-hydrogen) atoms. The average Bonchev–Trinajstić information content (AvgIpc) is 2.73. The molecule has 0 aliphatic carbocycles.